The van der Waals surface area contributed by atoms with Crippen LogP contribution in [0.15, 0.2) is 48.8 Å². The lowest BCUT2D eigenvalue weighted by Crippen LogP contribution is -2.47. The molecule has 1 aromatic carbocycles. The number of piperidine rings is 1. The predicted octanol–water partition coefficient (Wildman–Crippen LogP) is 6.02. The Labute approximate surface area is 292 Å². The fourth-order valence-corrected chi connectivity index (χ4v) is 7.41. The molecule has 3 aliphatic rings. The molecule has 4 aromatic rings. The Morgan fingerprint density at radius 2 is 1.82 bits per heavy atom. The maximum atomic E-state index is 14.4. The quantitative estimate of drug-likeness (QED) is 0.202. The number of hydrogen-bond donors (Lipinski definition) is 1. The monoisotopic (exact) mass is 701 g/mol. The third-order valence-electron chi connectivity index (χ3n) is 10.1. The van der Waals surface area contributed by atoms with Crippen LogP contribution < -0.4 is 5.32 Å². The molecule has 3 atom stereocenters. The number of rotatable bonds is 4. The molecular formula is C37H38F3N7O4. The predicted molar refractivity (Wildman–Crippen MR) is 182 cm³/mol. The number of aromatic nitrogens is 5. The third-order valence-corrected chi connectivity index (χ3v) is 10.1. The Morgan fingerprint density at radius 3 is 2.57 bits per heavy atom. The number of ether oxygens (including phenoxy) is 1. The van der Waals surface area contributed by atoms with Crippen LogP contribution in [0.3, 0.4) is 0 Å². The van der Waals surface area contributed by atoms with Gasteiger partial charge >= 0.3 is 6.18 Å². The fraction of sp³-hybridized carbons (Fsp3) is 0.432. The van der Waals surface area contributed by atoms with Crippen molar-refractivity contribution in [3.05, 3.63) is 77.2 Å². The van der Waals surface area contributed by atoms with Crippen molar-refractivity contribution in [1.82, 2.24) is 29.6 Å². The molecule has 14 heteroatoms. The van der Waals surface area contributed by atoms with Gasteiger partial charge in [0.05, 0.1) is 18.7 Å². The van der Waals surface area contributed by atoms with E-state index in [0.29, 0.717) is 48.3 Å². The van der Waals surface area contributed by atoms with Crippen LogP contribution in [0, 0.1) is 19.3 Å². The molecule has 2 fully saturated rings. The standard InChI is InChI=1S/C37H38F3N7O4/c1-21-10-11-29(37(38,39)40)43-34(21)44-35(50)28-15-36-16-30(36)47(28)31(49)19-46-33-24(9-7-5-4-6-8-12-51-20-36)13-25(26-17-41-23(3)42-18-26)14-27(33)32(45-46)22(2)48/h6,8,10-11,13-14,17-18,28,30H,4-5,7,9,12,15-16,19-20H2,1-3H3,(H,43,44,50)/t28-,30+,36-/m0/s1. The highest BCUT2D eigenvalue weighted by Gasteiger charge is 2.67. The van der Waals surface area contributed by atoms with Crippen molar-refractivity contribution in [3.63, 3.8) is 0 Å². The Bertz CT molecular complexity index is 2060. The molecule has 1 aliphatic carbocycles. The molecule has 5 heterocycles. The van der Waals surface area contributed by atoms with E-state index in [9.17, 15) is 27.6 Å². The van der Waals surface area contributed by atoms with Gasteiger partial charge in [0.25, 0.3) is 0 Å². The first-order valence-electron chi connectivity index (χ1n) is 17.1. The number of alkyl halides is 3. The number of ketones is 1. The Kier molecular flexibility index (Phi) is 8.98. The van der Waals surface area contributed by atoms with Gasteiger partial charge in [-0.15, -0.1) is 0 Å². The second-order valence-electron chi connectivity index (χ2n) is 13.8. The van der Waals surface area contributed by atoms with Gasteiger partial charge in [-0.1, -0.05) is 18.2 Å². The summed E-state index contributed by atoms with van der Waals surface area (Å²) in [7, 11) is 0. The molecule has 2 aliphatic heterocycles. The summed E-state index contributed by atoms with van der Waals surface area (Å²) in [5, 5.41) is 7.86. The van der Waals surface area contributed by atoms with E-state index < -0.39 is 29.2 Å². The van der Waals surface area contributed by atoms with Crippen LogP contribution in [0.25, 0.3) is 22.0 Å². The molecular weight excluding hydrogens is 663 g/mol. The minimum Gasteiger partial charge on any atom is -0.377 e. The molecule has 1 N–H and O–H groups in total. The average Bonchev–Trinajstić information content (AvgIpc) is 3.48. The first-order valence-corrected chi connectivity index (χ1v) is 17.1. The van der Waals surface area contributed by atoms with E-state index in [0.717, 1.165) is 42.0 Å². The maximum absolute atomic E-state index is 14.4. The number of amides is 2. The molecule has 11 nitrogen and oxygen atoms in total. The second kappa shape index (κ2) is 13.3. The van der Waals surface area contributed by atoms with Crippen LogP contribution in [0.4, 0.5) is 19.0 Å². The molecule has 0 unspecified atom stereocenters. The number of pyridine rings is 1. The molecule has 0 radical (unpaired) electrons. The van der Waals surface area contributed by atoms with E-state index in [4.69, 9.17) is 4.74 Å². The largest absolute Gasteiger partial charge is 0.433 e. The van der Waals surface area contributed by atoms with Crippen LogP contribution in [0.5, 0.6) is 0 Å². The number of anilines is 1. The topological polar surface area (TPSA) is 132 Å². The molecule has 2 bridgehead atoms. The molecule has 266 valence electrons. The number of Topliss-reactive ketones (excluding diaryl/α,β-unsaturated/α-hetero) is 1. The van der Waals surface area contributed by atoms with Crippen molar-refractivity contribution in [1.29, 1.82) is 0 Å². The smallest absolute Gasteiger partial charge is 0.377 e. The highest BCUT2D eigenvalue weighted by atomic mass is 19.4. The molecule has 2 amide bonds. The second-order valence-corrected chi connectivity index (χ2v) is 13.8. The number of nitrogens with zero attached hydrogens (tertiary/aromatic N) is 6. The third kappa shape index (κ3) is 6.76. The summed E-state index contributed by atoms with van der Waals surface area (Å²) < 4.78 is 48.0. The first-order chi connectivity index (χ1) is 24.3. The summed E-state index contributed by atoms with van der Waals surface area (Å²) in [5.41, 5.74) is 2.17. The summed E-state index contributed by atoms with van der Waals surface area (Å²) in [6.45, 7) is 5.26. The van der Waals surface area contributed by atoms with Gasteiger partial charge < -0.3 is 15.0 Å². The van der Waals surface area contributed by atoms with Gasteiger partial charge in [0.2, 0.25) is 11.8 Å². The number of benzene rings is 1. The van der Waals surface area contributed by atoms with Crippen LogP contribution in [-0.4, -0.2) is 72.5 Å². The highest BCUT2D eigenvalue weighted by molar-refractivity contribution is 6.07. The van der Waals surface area contributed by atoms with Crippen molar-refractivity contribution in [3.8, 4) is 11.1 Å². The number of aryl methyl sites for hydroxylation is 3. The summed E-state index contributed by atoms with van der Waals surface area (Å²) in [4.78, 5) is 55.2. The van der Waals surface area contributed by atoms with Crippen molar-refractivity contribution in [2.45, 2.75) is 84.1 Å². The van der Waals surface area contributed by atoms with Crippen molar-refractivity contribution in [2.24, 2.45) is 5.41 Å². The molecule has 1 saturated carbocycles. The van der Waals surface area contributed by atoms with Crippen molar-refractivity contribution in [2.75, 3.05) is 18.5 Å². The number of carbonyl (C=O) groups excluding carboxylic acids is 3. The van der Waals surface area contributed by atoms with Crippen LogP contribution in [-0.2, 0) is 33.5 Å². The van der Waals surface area contributed by atoms with Gasteiger partial charge in [0.1, 0.15) is 35.6 Å². The van der Waals surface area contributed by atoms with E-state index in [-0.39, 0.29) is 42.2 Å². The summed E-state index contributed by atoms with van der Waals surface area (Å²) >= 11 is 0. The van der Waals surface area contributed by atoms with Gasteiger partial charge in [0, 0.05) is 41.7 Å². The lowest BCUT2D eigenvalue weighted by Gasteiger charge is -2.27. The van der Waals surface area contributed by atoms with Gasteiger partial charge in [-0.3, -0.25) is 19.1 Å². The minimum atomic E-state index is -4.70. The number of halogens is 3. The zero-order valence-corrected chi connectivity index (χ0v) is 28.6. The van der Waals surface area contributed by atoms with Crippen LogP contribution in [0.2, 0.25) is 0 Å². The van der Waals surface area contributed by atoms with E-state index in [1.165, 1.54) is 17.9 Å². The first kappa shape index (κ1) is 34.5. The SMILES string of the molecule is CC(=O)c1nn2c3c(cc(-c4cnc(C)nc4)cc13)CCCCC=CCOC[C@@]13C[C@@H](C(=O)Nc4nc(C(F)(F)F)ccc4C)N(C(=O)C2)[C@@H]1C3. The highest BCUT2D eigenvalue weighted by Crippen LogP contribution is 2.60. The normalized spacial score (nSPS) is 22.5. The molecule has 51 heavy (non-hydrogen) atoms. The molecule has 0 spiro atoms. The average molecular weight is 702 g/mol. The number of allylic oxidation sites excluding steroid dienone is 1. The number of nitrogens with one attached hydrogen (secondary N) is 1. The van der Waals surface area contributed by atoms with Gasteiger partial charge in [-0.05, 0) is 87.3 Å². The van der Waals surface area contributed by atoms with Gasteiger partial charge in [-0.2, -0.15) is 18.3 Å². The summed E-state index contributed by atoms with van der Waals surface area (Å²) in [6, 6.07) is 4.74. The zero-order chi connectivity index (χ0) is 36.1. The number of hydrogen-bond acceptors (Lipinski definition) is 8. The minimum absolute atomic E-state index is 0.212. The Morgan fingerprint density at radius 1 is 1.04 bits per heavy atom. The lowest BCUT2D eigenvalue weighted by molar-refractivity contribution is -0.141. The Hall–Kier alpha value is -4.98. The van der Waals surface area contributed by atoms with Crippen molar-refractivity contribution >= 4 is 34.3 Å². The lowest BCUT2D eigenvalue weighted by atomic mass is 9.97. The summed E-state index contributed by atoms with van der Waals surface area (Å²) in [5.74, 6) is -0.856. The van der Waals surface area contributed by atoms with E-state index in [1.807, 2.05) is 18.2 Å². The van der Waals surface area contributed by atoms with E-state index in [1.54, 1.807) is 30.9 Å². The summed E-state index contributed by atoms with van der Waals surface area (Å²) in [6.07, 6.45) is 6.99. The van der Waals surface area contributed by atoms with Gasteiger partial charge in [0.15, 0.2) is 5.78 Å². The van der Waals surface area contributed by atoms with Crippen LogP contribution >= 0.6 is 0 Å². The van der Waals surface area contributed by atoms with E-state index in [2.05, 4.69) is 31.4 Å². The molecule has 1 saturated heterocycles. The Balaban J connectivity index is 1.27. The van der Waals surface area contributed by atoms with E-state index >= 15 is 0 Å². The number of carbonyl (C=O) groups is 3. The van der Waals surface area contributed by atoms with Gasteiger partial charge in [-0.25, -0.2) is 15.0 Å². The molecule has 3 aromatic heterocycles. The van der Waals surface area contributed by atoms with Crippen LogP contribution in [0.1, 0.15) is 72.2 Å². The zero-order valence-electron chi connectivity index (χ0n) is 28.6. The fourth-order valence-electron chi connectivity index (χ4n) is 7.41. The molecule has 7 rings (SSSR count). The maximum Gasteiger partial charge on any atom is 0.433 e. The van der Waals surface area contributed by atoms with Crippen molar-refractivity contribution < 1.29 is 32.3 Å².